The van der Waals surface area contributed by atoms with Crippen LogP contribution >= 0.6 is 35.4 Å². The van der Waals surface area contributed by atoms with Crippen LogP contribution in [0.25, 0.3) is 0 Å². The molecule has 2 rings (SSSR count). The highest BCUT2D eigenvalue weighted by molar-refractivity contribution is 7.80. The average Bonchev–Trinajstić information content (AvgIpc) is 2.38. The van der Waals surface area contributed by atoms with Gasteiger partial charge in [0, 0.05) is 15.7 Å². The van der Waals surface area contributed by atoms with E-state index in [4.69, 9.17) is 35.4 Å². The second-order valence-corrected chi connectivity index (χ2v) is 5.28. The number of rotatable bonds is 2. The molecule has 0 heterocycles. The summed E-state index contributed by atoms with van der Waals surface area (Å²) in [7, 11) is 0. The molecule has 3 N–H and O–H groups in total. The lowest BCUT2D eigenvalue weighted by Gasteiger charge is -2.12. The molecule has 0 saturated heterocycles. The number of anilines is 2. The lowest BCUT2D eigenvalue weighted by molar-refractivity contribution is 0.409. The van der Waals surface area contributed by atoms with Gasteiger partial charge in [0.2, 0.25) is 5.82 Å². The second-order valence-electron chi connectivity index (χ2n) is 3.99. The Kier molecular flexibility index (Phi) is 4.82. The summed E-state index contributed by atoms with van der Waals surface area (Å²) >= 11 is 16.7. The van der Waals surface area contributed by atoms with Crippen LogP contribution in [0.4, 0.5) is 20.2 Å². The molecule has 0 aliphatic heterocycles. The van der Waals surface area contributed by atoms with Crippen LogP contribution in [-0.2, 0) is 0 Å². The summed E-state index contributed by atoms with van der Waals surface area (Å²) in [5.74, 6) is -3.37. The molecule has 21 heavy (non-hydrogen) atoms. The summed E-state index contributed by atoms with van der Waals surface area (Å²) in [6, 6.07) is 6.73. The third kappa shape index (κ3) is 3.93. The number of hydrogen-bond acceptors (Lipinski definition) is 2. The first kappa shape index (κ1) is 15.8. The van der Waals surface area contributed by atoms with Gasteiger partial charge >= 0.3 is 0 Å². The minimum atomic E-state index is -1.35. The zero-order chi connectivity index (χ0) is 15.6. The molecule has 0 aliphatic rings. The fraction of sp³-hybridized carbons (Fsp3) is 0. The van der Waals surface area contributed by atoms with Gasteiger partial charge in [-0.1, -0.05) is 23.2 Å². The van der Waals surface area contributed by atoms with Gasteiger partial charge in [-0.15, -0.1) is 0 Å². The molecule has 0 fully saturated rings. The minimum absolute atomic E-state index is 0.0506. The van der Waals surface area contributed by atoms with Gasteiger partial charge in [-0.05, 0) is 42.5 Å². The van der Waals surface area contributed by atoms with Crippen LogP contribution in [0.15, 0.2) is 30.3 Å². The molecule has 0 spiro atoms. The largest absolute Gasteiger partial charge is 0.503 e. The van der Waals surface area contributed by atoms with Crippen LogP contribution in [0.5, 0.6) is 5.75 Å². The van der Waals surface area contributed by atoms with Gasteiger partial charge in [0.25, 0.3) is 0 Å². The Labute approximate surface area is 134 Å². The highest BCUT2D eigenvalue weighted by Gasteiger charge is 2.13. The fourth-order valence-corrected chi connectivity index (χ4v) is 2.31. The Morgan fingerprint density at radius 3 is 2.29 bits per heavy atom. The predicted molar refractivity (Wildman–Crippen MR) is 84.3 cm³/mol. The summed E-state index contributed by atoms with van der Waals surface area (Å²) in [6.45, 7) is 0. The molecule has 0 saturated carbocycles. The number of phenolic OH excluding ortho intramolecular Hbond substituents is 1. The number of benzene rings is 2. The maximum absolute atomic E-state index is 13.2. The summed E-state index contributed by atoms with van der Waals surface area (Å²) in [5, 5.41) is 15.6. The van der Waals surface area contributed by atoms with Gasteiger partial charge in [-0.3, -0.25) is 0 Å². The van der Waals surface area contributed by atoms with E-state index in [9.17, 15) is 13.9 Å². The summed E-state index contributed by atoms with van der Waals surface area (Å²) in [5.41, 5.74) is 0.437. The normalized spacial score (nSPS) is 10.3. The molecular formula is C13H8Cl2F2N2OS. The SMILES string of the molecule is Oc1c(NC(=S)Nc2cc(Cl)cc(Cl)c2)ccc(F)c1F. The van der Waals surface area contributed by atoms with E-state index in [0.29, 0.717) is 15.7 Å². The van der Waals surface area contributed by atoms with Crippen LogP contribution in [0, 0.1) is 11.6 Å². The van der Waals surface area contributed by atoms with E-state index >= 15 is 0 Å². The maximum Gasteiger partial charge on any atom is 0.202 e. The lowest BCUT2D eigenvalue weighted by Crippen LogP contribution is -2.19. The van der Waals surface area contributed by atoms with Crippen LogP contribution in [-0.4, -0.2) is 10.2 Å². The van der Waals surface area contributed by atoms with Gasteiger partial charge in [-0.25, -0.2) is 4.39 Å². The number of thiocarbonyl (C=S) groups is 1. The van der Waals surface area contributed by atoms with Crippen LogP contribution < -0.4 is 10.6 Å². The van der Waals surface area contributed by atoms with E-state index in [2.05, 4.69) is 10.6 Å². The van der Waals surface area contributed by atoms with Crippen molar-refractivity contribution in [2.24, 2.45) is 0 Å². The van der Waals surface area contributed by atoms with Crippen LogP contribution in [0.1, 0.15) is 0 Å². The van der Waals surface area contributed by atoms with Crippen molar-refractivity contribution < 1.29 is 13.9 Å². The first-order valence-corrected chi connectivity index (χ1v) is 6.74. The molecule has 2 aromatic rings. The summed E-state index contributed by atoms with van der Waals surface area (Å²) in [4.78, 5) is 0. The zero-order valence-electron chi connectivity index (χ0n) is 10.3. The van der Waals surface area contributed by atoms with Crippen molar-refractivity contribution in [3.05, 3.63) is 52.0 Å². The molecule has 8 heteroatoms. The number of nitrogens with one attached hydrogen (secondary N) is 2. The third-order valence-electron chi connectivity index (χ3n) is 2.44. The third-order valence-corrected chi connectivity index (χ3v) is 3.08. The molecule has 0 bridgehead atoms. The van der Waals surface area contributed by atoms with Crippen LogP contribution in [0.3, 0.4) is 0 Å². The van der Waals surface area contributed by atoms with E-state index in [1.54, 1.807) is 18.2 Å². The quantitative estimate of drug-likeness (QED) is 0.539. The van der Waals surface area contributed by atoms with Gasteiger partial charge in [0.15, 0.2) is 16.7 Å². The van der Waals surface area contributed by atoms with Crippen molar-refractivity contribution in [1.29, 1.82) is 0 Å². The topological polar surface area (TPSA) is 44.3 Å². The van der Waals surface area contributed by atoms with Crippen molar-refractivity contribution in [2.45, 2.75) is 0 Å². The average molecular weight is 349 g/mol. The number of hydrogen-bond donors (Lipinski definition) is 3. The molecule has 110 valence electrons. The Morgan fingerprint density at radius 2 is 1.67 bits per heavy atom. The Morgan fingerprint density at radius 1 is 1.05 bits per heavy atom. The van der Waals surface area contributed by atoms with Crippen LogP contribution in [0.2, 0.25) is 10.0 Å². The predicted octanol–water partition coefficient (Wildman–Crippen LogP) is 4.79. The maximum atomic E-state index is 13.2. The first-order chi connectivity index (χ1) is 9.86. The first-order valence-electron chi connectivity index (χ1n) is 5.58. The lowest BCUT2D eigenvalue weighted by atomic mass is 10.2. The molecule has 0 aliphatic carbocycles. The van der Waals surface area contributed by atoms with E-state index in [1.807, 2.05) is 0 Å². The van der Waals surface area contributed by atoms with Gasteiger partial charge in [0.1, 0.15) is 0 Å². The summed E-state index contributed by atoms with van der Waals surface area (Å²) in [6.07, 6.45) is 0. The van der Waals surface area contributed by atoms with E-state index in [-0.39, 0.29) is 10.8 Å². The van der Waals surface area contributed by atoms with E-state index in [0.717, 1.165) is 12.1 Å². The van der Waals surface area contributed by atoms with E-state index < -0.39 is 17.4 Å². The molecule has 0 amide bonds. The van der Waals surface area contributed by atoms with Crippen molar-refractivity contribution in [1.82, 2.24) is 0 Å². The minimum Gasteiger partial charge on any atom is -0.503 e. The monoisotopic (exact) mass is 348 g/mol. The summed E-state index contributed by atoms with van der Waals surface area (Å²) < 4.78 is 26.1. The smallest absolute Gasteiger partial charge is 0.202 e. The Hall–Kier alpha value is -1.63. The standard InChI is InChI=1S/C13H8Cl2F2N2OS/c14-6-3-7(15)5-8(4-6)18-13(21)19-10-2-1-9(16)11(17)12(10)20/h1-5,20H,(H2,18,19,21). The number of halogens is 4. The zero-order valence-corrected chi connectivity index (χ0v) is 12.6. The van der Waals surface area contributed by atoms with Crippen molar-refractivity contribution in [2.75, 3.05) is 10.6 Å². The Bertz CT molecular complexity index is 693. The second kappa shape index (κ2) is 6.43. The molecule has 2 aromatic carbocycles. The molecule has 0 radical (unpaired) electrons. The van der Waals surface area contributed by atoms with Crippen molar-refractivity contribution in [3.63, 3.8) is 0 Å². The van der Waals surface area contributed by atoms with Crippen molar-refractivity contribution in [3.8, 4) is 5.75 Å². The molecule has 3 nitrogen and oxygen atoms in total. The highest BCUT2D eigenvalue weighted by Crippen LogP contribution is 2.28. The van der Waals surface area contributed by atoms with Gasteiger partial charge in [-0.2, -0.15) is 4.39 Å². The Balaban J connectivity index is 2.13. The van der Waals surface area contributed by atoms with Gasteiger partial charge < -0.3 is 15.7 Å². The van der Waals surface area contributed by atoms with Gasteiger partial charge in [0.05, 0.1) is 5.69 Å². The number of phenols is 1. The molecule has 0 unspecified atom stereocenters. The number of aromatic hydroxyl groups is 1. The molecule has 0 atom stereocenters. The molecular weight excluding hydrogens is 341 g/mol. The highest BCUT2D eigenvalue weighted by atomic mass is 35.5. The molecule has 0 aromatic heterocycles. The van der Waals surface area contributed by atoms with Crippen molar-refractivity contribution >= 4 is 51.9 Å². The fourth-order valence-electron chi connectivity index (χ4n) is 1.55. The van der Waals surface area contributed by atoms with E-state index in [1.165, 1.54) is 0 Å².